The van der Waals surface area contributed by atoms with Crippen LogP contribution in [0.15, 0.2) is 18.3 Å². The molecule has 0 aliphatic rings. The molecule has 0 bridgehead atoms. The summed E-state index contributed by atoms with van der Waals surface area (Å²) in [5.41, 5.74) is 1.41. The van der Waals surface area contributed by atoms with Gasteiger partial charge in [-0.15, -0.1) is 0 Å². The molecule has 1 aromatic rings. The third-order valence-electron chi connectivity index (χ3n) is 2.62. The highest BCUT2D eigenvalue weighted by molar-refractivity contribution is 5.93. The van der Waals surface area contributed by atoms with E-state index in [1.807, 2.05) is 31.9 Å². The van der Waals surface area contributed by atoms with Gasteiger partial charge in [-0.2, -0.15) is 0 Å². The lowest BCUT2D eigenvalue weighted by Gasteiger charge is -2.26. The van der Waals surface area contributed by atoms with Crippen molar-refractivity contribution in [3.05, 3.63) is 24.0 Å². The summed E-state index contributed by atoms with van der Waals surface area (Å²) in [4.78, 5) is 18.3. The van der Waals surface area contributed by atoms with Gasteiger partial charge in [0.15, 0.2) is 0 Å². The van der Waals surface area contributed by atoms with E-state index in [-0.39, 0.29) is 11.9 Å². The van der Waals surface area contributed by atoms with Gasteiger partial charge in [0, 0.05) is 31.5 Å². The Bertz CT molecular complexity index is 377. The number of nitrogens with one attached hydrogen (secondary N) is 1. The van der Waals surface area contributed by atoms with Crippen LogP contribution < -0.4 is 5.32 Å². The number of anilines is 1. The van der Waals surface area contributed by atoms with Crippen LogP contribution >= 0.6 is 0 Å². The summed E-state index contributed by atoms with van der Waals surface area (Å²) in [7, 11) is 1.83. The molecule has 4 heteroatoms. The van der Waals surface area contributed by atoms with E-state index >= 15 is 0 Å². The molecule has 0 saturated heterocycles. The van der Waals surface area contributed by atoms with E-state index in [9.17, 15) is 4.79 Å². The Morgan fingerprint density at radius 2 is 2.24 bits per heavy atom. The van der Waals surface area contributed by atoms with Crippen LogP contribution in [-0.4, -0.2) is 35.4 Å². The molecule has 1 heterocycles. The van der Waals surface area contributed by atoms with Crippen LogP contribution in [0, 0.1) is 0 Å². The minimum atomic E-state index is -0.000972. The van der Waals surface area contributed by atoms with Crippen molar-refractivity contribution in [3.63, 3.8) is 0 Å². The largest absolute Gasteiger partial charge is 0.388 e. The van der Waals surface area contributed by atoms with Gasteiger partial charge in [-0.05, 0) is 32.4 Å². The van der Waals surface area contributed by atoms with Crippen molar-refractivity contribution in [2.45, 2.75) is 33.2 Å². The Balaban J connectivity index is 2.92. The predicted octanol–water partition coefficient (Wildman–Crippen LogP) is 2.38. The molecule has 0 aliphatic heterocycles. The summed E-state index contributed by atoms with van der Waals surface area (Å²) >= 11 is 0. The average molecular weight is 235 g/mol. The van der Waals surface area contributed by atoms with Gasteiger partial charge in [0.05, 0.1) is 0 Å². The summed E-state index contributed by atoms with van der Waals surface area (Å²) in [6, 6.07) is 3.83. The van der Waals surface area contributed by atoms with Crippen LogP contribution in [0.5, 0.6) is 0 Å². The van der Waals surface area contributed by atoms with Crippen molar-refractivity contribution in [1.82, 2.24) is 9.88 Å². The van der Waals surface area contributed by atoms with Gasteiger partial charge < -0.3 is 10.2 Å². The third-order valence-corrected chi connectivity index (χ3v) is 2.62. The minimum absolute atomic E-state index is 0.000972. The topological polar surface area (TPSA) is 45.2 Å². The zero-order chi connectivity index (χ0) is 12.8. The first-order valence-corrected chi connectivity index (χ1v) is 6.05. The molecule has 1 rings (SSSR count). The van der Waals surface area contributed by atoms with Gasteiger partial charge in [0.2, 0.25) is 0 Å². The molecule has 0 atom stereocenters. The van der Waals surface area contributed by atoms with Crippen LogP contribution in [-0.2, 0) is 0 Å². The van der Waals surface area contributed by atoms with Crippen molar-refractivity contribution in [2.75, 3.05) is 18.9 Å². The quantitative estimate of drug-likeness (QED) is 0.852. The molecule has 1 N–H and O–H groups in total. The Morgan fingerprint density at radius 1 is 1.53 bits per heavy atom. The van der Waals surface area contributed by atoms with Crippen LogP contribution in [0.1, 0.15) is 37.7 Å². The first kappa shape index (κ1) is 13.5. The zero-order valence-electron chi connectivity index (χ0n) is 11.0. The maximum absolute atomic E-state index is 12.3. The number of carbonyl (C=O) groups excluding carboxylic acids is 1. The monoisotopic (exact) mass is 235 g/mol. The molecule has 0 spiro atoms. The summed E-state index contributed by atoms with van der Waals surface area (Å²) < 4.78 is 0. The molecule has 1 aromatic heterocycles. The summed E-state index contributed by atoms with van der Waals surface area (Å²) in [5, 5.41) is 3.01. The Morgan fingerprint density at radius 3 is 2.76 bits per heavy atom. The standard InChI is InChI=1S/C13H21N3O/c1-5-8-16(10(2)3)13(17)12-9-11(14-4)6-7-15-12/h6-7,9-10H,5,8H2,1-4H3,(H,14,15). The molecular weight excluding hydrogens is 214 g/mol. The molecule has 0 aromatic carbocycles. The van der Waals surface area contributed by atoms with Gasteiger partial charge in [0.1, 0.15) is 5.69 Å². The molecule has 0 unspecified atom stereocenters. The first-order chi connectivity index (χ1) is 8.10. The molecule has 1 amide bonds. The Hall–Kier alpha value is -1.58. The van der Waals surface area contributed by atoms with E-state index < -0.39 is 0 Å². The van der Waals surface area contributed by atoms with Gasteiger partial charge in [-0.3, -0.25) is 9.78 Å². The minimum Gasteiger partial charge on any atom is -0.388 e. The number of hydrogen-bond acceptors (Lipinski definition) is 3. The maximum Gasteiger partial charge on any atom is 0.272 e. The van der Waals surface area contributed by atoms with E-state index in [0.717, 1.165) is 18.7 Å². The average Bonchev–Trinajstić information content (AvgIpc) is 2.34. The SMILES string of the molecule is CCCN(C(=O)c1cc(NC)ccn1)C(C)C. The molecule has 0 aliphatic carbocycles. The molecule has 4 nitrogen and oxygen atoms in total. The lowest BCUT2D eigenvalue weighted by Crippen LogP contribution is -2.37. The fourth-order valence-corrected chi connectivity index (χ4v) is 1.69. The predicted molar refractivity (Wildman–Crippen MR) is 70.2 cm³/mol. The lowest BCUT2D eigenvalue weighted by molar-refractivity contribution is 0.0700. The highest BCUT2D eigenvalue weighted by Crippen LogP contribution is 2.11. The van der Waals surface area contributed by atoms with E-state index in [0.29, 0.717) is 5.69 Å². The van der Waals surface area contributed by atoms with Gasteiger partial charge in [0.25, 0.3) is 5.91 Å². The summed E-state index contributed by atoms with van der Waals surface area (Å²) in [6.07, 6.45) is 2.61. The fraction of sp³-hybridized carbons (Fsp3) is 0.538. The van der Waals surface area contributed by atoms with Crippen LogP contribution in [0.25, 0.3) is 0 Å². The van der Waals surface area contributed by atoms with Gasteiger partial charge in [-0.25, -0.2) is 0 Å². The summed E-state index contributed by atoms with van der Waals surface area (Å²) in [6.45, 7) is 6.88. The Labute approximate surface area is 103 Å². The molecule has 0 radical (unpaired) electrons. The zero-order valence-corrected chi connectivity index (χ0v) is 11.0. The number of amides is 1. The number of hydrogen-bond donors (Lipinski definition) is 1. The molecule has 0 saturated carbocycles. The van der Waals surface area contributed by atoms with Gasteiger partial charge in [-0.1, -0.05) is 6.92 Å². The van der Waals surface area contributed by atoms with E-state index in [4.69, 9.17) is 0 Å². The highest BCUT2D eigenvalue weighted by Gasteiger charge is 2.18. The molecule has 94 valence electrons. The van der Waals surface area contributed by atoms with Crippen LogP contribution in [0.3, 0.4) is 0 Å². The second-order valence-electron chi connectivity index (χ2n) is 4.27. The second kappa shape index (κ2) is 6.23. The fourth-order valence-electron chi connectivity index (χ4n) is 1.69. The molecular formula is C13H21N3O. The summed E-state index contributed by atoms with van der Waals surface area (Å²) in [5.74, 6) is -0.000972. The number of nitrogens with zero attached hydrogens (tertiary/aromatic N) is 2. The lowest BCUT2D eigenvalue weighted by atomic mass is 10.2. The normalized spacial score (nSPS) is 10.4. The third kappa shape index (κ3) is 3.44. The Kier molecular flexibility index (Phi) is 4.94. The maximum atomic E-state index is 12.3. The number of pyridine rings is 1. The van der Waals surface area contributed by atoms with Crippen molar-refractivity contribution in [2.24, 2.45) is 0 Å². The van der Waals surface area contributed by atoms with Crippen molar-refractivity contribution in [3.8, 4) is 0 Å². The number of aromatic nitrogens is 1. The smallest absolute Gasteiger partial charge is 0.272 e. The number of carbonyl (C=O) groups is 1. The van der Waals surface area contributed by atoms with Crippen molar-refractivity contribution in [1.29, 1.82) is 0 Å². The van der Waals surface area contributed by atoms with Crippen molar-refractivity contribution < 1.29 is 4.79 Å². The van der Waals surface area contributed by atoms with E-state index in [1.54, 1.807) is 12.3 Å². The first-order valence-electron chi connectivity index (χ1n) is 6.05. The molecule has 0 fully saturated rings. The van der Waals surface area contributed by atoms with Gasteiger partial charge >= 0.3 is 0 Å². The van der Waals surface area contributed by atoms with Crippen LogP contribution in [0.4, 0.5) is 5.69 Å². The van der Waals surface area contributed by atoms with E-state index in [2.05, 4.69) is 17.2 Å². The number of rotatable bonds is 5. The molecule has 17 heavy (non-hydrogen) atoms. The highest BCUT2D eigenvalue weighted by atomic mass is 16.2. The second-order valence-corrected chi connectivity index (χ2v) is 4.27. The van der Waals surface area contributed by atoms with E-state index in [1.165, 1.54) is 0 Å². The van der Waals surface area contributed by atoms with Crippen LogP contribution in [0.2, 0.25) is 0 Å². The van der Waals surface area contributed by atoms with Crippen molar-refractivity contribution >= 4 is 11.6 Å².